The molecule has 1 aromatic carbocycles. The van der Waals surface area contributed by atoms with Gasteiger partial charge in [0.25, 0.3) is 0 Å². The predicted molar refractivity (Wildman–Crippen MR) is 88.4 cm³/mol. The van der Waals surface area contributed by atoms with Crippen molar-refractivity contribution >= 4 is 15.9 Å². The summed E-state index contributed by atoms with van der Waals surface area (Å²) in [4.78, 5) is 0. The zero-order valence-electron chi connectivity index (χ0n) is 12.6. The lowest BCUT2D eigenvalue weighted by molar-refractivity contribution is 0.318. The molecule has 112 valence electrons. The van der Waals surface area contributed by atoms with Crippen molar-refractivity contribution in [2.24, 2.45) is 11.8 Å². The Morgan fingerprint density at radius 2 is 2.10 bits per heavy atom. The molecule has 0 aliphatic heterocycles. The number of ether oxygens (including phenoxy) is 1. The second-order valence-electron chi connectivity index (χ2n) is 5.77. The van der Waals surface area contributed by atoms with Gasteiger partial charge in [-0.15, -0.1) is 0 Å². The van der Waals surface area contributed by atoms with Gasteiger partial charge >= 0.3 is 0 Å². The molecule has 0 amide bonds. The molecule has 3 heteroatoms. The van der Waals surface area contributed by atoms with Crippen LogP contribution < -0.4 is 10.1 Å². The van der Waals surface area contributed by atoms with Crippen molar-refractivity contribution in [3.05, 3.63) is 28.2 Å². The van der Waals surface area contributed by atoms with E-state index in [2.05, 4.69) is 46.4 Å². The van der Waals surface area contributed by atoms with Gasteiger partial charge < -0.3 is 10.1 Å². The van der Waals surface area contributed by atoms with Gasteiger partial charge in [0, 0.05) is 4.47 Å². The SMILES string of the molecule is CCNCC(Cc1cc(Br)ccc1OC)C1CCCC1. The van der Waals surface area contributed by atoms with E-state index in [0.717, 1.165) is 41.6 Å². The Hall–Kier alpha value is -0.540. The highest BCUT2D eigenvalue weighted by atomic mass is 79.9. The van der Waals surface area contributed by atoms with E-state index in [4.69, 9.17) is 4.74 Å². The molecule has 2 nitrogen and oxygen atoms in total. The Labute approximate surface area is 131 Å². The monoisotopic (exact) mass is 339 g/mol. The molecule has 0 saturated heterocycles. The number of halogens is 1. The third kappa shape index (κ3) is 4.23. The van der Waals surface area contributed by atoms with E-state index in [-0.39, 0.29) is 0 Å². The van der Waals surface area contributed by atoms with Crippen molar-refractivity contribution in [1.29, 1.82) is 0 Å². The van der Waals surface area contributed by atoms with Gasteiger partial charge in [-0.25, -0.2) is 0 Å². The Morgan fingerprint density at radius 3 is 2.75 bits per heavy atom. The Morgan fingerprint density at radius 1 is 1.35 bits per heavy atom. The number of rotatable bonds is 7. The van der Waals surface area contributed by atoms with E-state index < -0.39 is 0 Å². The minimum absolute atomic E-state index is 0.723. The summed E-state index contributed by atoms with van der Waals surface area (Å²) < 4.78 is 6.67. The van der Waals surface area contributed by atoms with E-state index >= 15 is 0 Å². The smallest absolute Gasteiger partial charge is 0.122 e. The molecule has 0 heterocycles. The summed E-state index contributed by atoms with van der Waals surface area (Å²) in [6.45, 7) is 4.36. The first-order valence-corrected chi connectivity index (χ1v) is 8.57. The molecule has 0 bridgehead atoms. The molecule has 0 aromatic heterocycles. The molecule has 1 fully saturated rings. The maximum atomic E-state index is 5.53. The fourth-order valence-electron chi connectivity index (χ4n) is 3.35. The van der Waals surface area contributed by atoms with Gasteiger partial charge in [0.05, 0.1) is 7.11 Å². The molecule has 0 radical (unpaired) electrons. The Bertz CT molecular complexity index is 415. The van der Waals surface area contributed by atoms with Crippen molar-refractivity contribution in [3.63, 3.8) is 0 Å². The Kier molecular flexibility index (Phi) is 6.37. The standard InChI is InChI=1S/C17H26BrNO/c1-3-19-12-15(13-6-4-5-7-13)10-14-11-16(18)8-9-17(14)20-2/h8-9,11,13,15,19H,3-7,10,12H2,1-2H3. The molecule has 1 aliphatic carbocycles. The summed E-state index contributed by atoms with van der Waals surface area (Å²) in [5.41, 5.74) is 1.33. The lowest BCUT2D eigenvalue weighted by Gasteiger charge is -2.24. The number of hydrogen-bond acceptors (Lipinski definition) is 2. The third-order valence-corrected chi connectivity index (χ3v) is 4.94. The number of nitrogens with one attached hydrogen (secondary N) is 1. The topological polar surface area (TPSA) is 21.3 Å². The van der Waals surface area contributed by atoms with E-state index in [1.54, 1.807) is 7.11 Å². The summed E-state index contributed by atoms with van der Waals surface area (Å²) in [6, 6.07) is 6.34. The fraction of sp³-hybridized carbons (Fsp3) is 0.647. The van der Waals surface area contributed by atoms with Crippen LogP contribution in [0.1, 0.15) is 38.2 Å². The first-order chi connectivity index (χ1) is 9.74. The molecule has 1 atom stereocenters. The van der Waals surface area contributed by atoms with Crippen LogP contribution in [-0.4, -0.2) is 20.2 Å². The van der Waals surface area contributed by atoms with Crippen molar-refractivity contribution in [2.45, 2.75) is 39.0 Å². The van der Waals surface area contributed by atoms with Gasteiger partial charge in [0.15, 0.2) is 0 Å². The minimum Gasteiger partial charge on any atom is -0.496 e. The average Bonchev–Trinajstić information content (AvgIpc) is 2.97. The van der Waals surface area contributed by atoms with Crippen LogP contribution in [-0.2, 0) is 6.42 Å². The van der Waals surface area contributed by atoms with Crippen LogP contribution in [0, 0.1) is 11.8 Å². The van der Waals surface area contributed by atoms with Crippen LogP contribution in [0.5, 0.6) is 5.75 Å². The van der Waals surface area contributed by atoms with Crippen molar-refractivity contribution in [3.8, 4) is 5.75 Å². The van der Waals surface area contributed by atoms with E-state index in [1.807, 2.05) is 0 Å². The number of benzene rings is 1. The van der Waals surface area contributed by atoms with E-state index in [9.17, 15) is 0 Å². The van der Waals surface area contributed by atoms with Crippen LogP contribution in [0.4, 0.5) is 0 Å². The van der Waals surface area contributed by atoms with E-state index in [0.29, 0.717) is 0 Å². The number of methoxy groups -OCH3 is 1. The van der Waals surface area contributed by atoms with Gasteiger partial charge in [-0.1, -0.05) is 48.5 Å². The molecule has 1 aliphatic rings. The van der Waals surface area contributed by atoms with Crippen LogP contribution in [0.3, 0.4) is 0 Å². The predicted octanol–water partition coefficient (Wildman–Crippen LogP) is 4.42. The van der Waals surface area contributed by atoms with Gasteiger partial charge in [-0.3, -0.25) is 0 Å². The molecule has 1 saturated carbocycles. The van der Waals surface area contributed by atoms with Crippen LogP contribution in [0.25, 0.3) is 0 Å². The summed E-state index contributed by atoms with van der Waals surface area (Å²) in [7, 11) is 1.77. The van der Waals surface area contributed by atoms with Gasteiger partial charge in [0.2, 0.25) is 0 Å². The van der Waals surface area contributed by atoms with E-state index in [1.165, 1.54) is 31.2 Å². The normalized spacial score (nSPS) is 17.4. The second-order valence-corrected chi connectivity index (χ2v) is 6.69. The molecule has 1 N–H and O–H groups in total. The van der Waals surface area contributed by atoms with Crippen molar-refractivity contribution < 1.29 is 4.74 Å². The van der Waals surface area contributed by atoms with Gasteiger partial charge in [-0.05, 0) is 55.1 Å². The van der Waals surface area contributed by atoms with Crippen LogP contribution in [0.15, 0.2) is 22.7 Å². The largest absolute Gasteiger partial charge is 0.496 e. The van der Waals surface area contributed by atoms with Crippen LogP contribution in [0.2, 0.25) is 0 Å². The Balaban J connectivity index is 2.11. The maximum absolute atomic E-state index is 5.53. The lowest BCUT2D eigenvalue weighted by Crippen LogP contribution is -2.29. The minimum atomic E-state index is 0.723. The lowest BCUT2D eigenvalue weighted by atomic mass is 9.85. The highest BCUT2D eigenvalue weighted by Crippen LogP contribution is 2.35. The molecule has 1 aromatic rings. The molecule has 0 spiro atoms. The molecule has 2 rings (SSSR count). The highest BCUT2D eigenvalue weighted by molar-refractivity contribution is 9.10. The summed E-state index contributed by atoms with van der Waals surface area (Å²) in [6.07, 6.45) is 6.71. The third-order valence-electron chi connectivity index (χ3n) is 4.45. The second kappa shape index (κ2) is 8.04. The quantitative estimate of drug-likeness (QED) is 0.794. The zero-order valence-corrected chi connectivity index (χ0v) is 14.2. The first-order valence-electron chi connectivity index (χ1n) is 7.77. The molecule has 1 unspecified atom stereocenters. The molecule has 20 heavy (non-hydrogen) atoms. The average molecular weight is 340 g/mol. The zero-order chi connectivity index (χ0) is 14.4. The van der Waals surface area contributed by atoms with Crippen molar-refractivity contribution in [2.75, 3.05) is 20.2 Å². The fourth-order valence-corrected chi connectivity index (χ4v) is 3.76. The van der Waals surface area contributed by atoms with Crippen molar-refractivity contribution in [1.82, 2.24) is 5.32 Å². The summed E-state index contributed by atoms with van der Waals surface area (Å²) >= 11 is 3.58. The van der Waals surface area contributed by atoms with Gasteiger partial charge in [0.1, 0.15) is 5.75 Å². The molecular weight excluding hydrogens is 314 g/mol. The van der Waals surface area contributed by atoms with Crippen LogP contribution >= 0.6 is 15.9 Å². The maximum Gasteiger partial charge on any atom is 0.122 e. The summed E-state index contributed by atoms with van der Waals surface area (Å²) in [5, 5.41) is 3.55. The number of hydrogen-bond donors (Lipinski definition) is 1. The first kappa shape index (κ1) is 15.8. The van der Waals surface area contributed by atoms with Gasteiger partial charge in [-0.2, -0.15) is 0 Å². The molecular formula is C17H26BrNO. The summed E-state index contributed by atoms with van der Waals surface area (Å²) in [5.74, 6) is 2.62. The highest BCUT2D eigenvalue weighted by Gasteiger charge is 2.25.